The largest absolute Gasteiger partial charge is 0.379 e. The quantitative estimate of drug-likeness (QED) is 0.700. The van der Waals surface area contributed by atoms with Gasteiger partial charge in [-0.2, -0.15) is 0 Å². The number of ether oxygens (including phenoxy) is 1. The average Bonchev–Trinajstić information content (AvgIpc) is 3.45. The summed E-state index contributed by atoms with van der Waals surface area (Å²) in [5.74, 6) is 0.765. The van der Waals surface area contributed by atoms with Crippen molar-refractivity contribution in [3.05, 3.63) is 36.3 Å². The molecule has 0 radical (unpaired) electrons. The molecule has 1 aromatic carbocycles. The first-order valence-electron chi connectivity index (χ1n) is 9.65. The van der Waals surface area contributed by atoms with Gasteiger partial charge in [0, 0.05) is 25.8 Å². The van der Waals surface area contributed by atoms with Crippen molar-refractivity contribution in [3.63, 3.8) is 0 Å². The Bertz CT molecular complexity index is 1010. The van der Waals surface area contributed by atoms with E-state index in [0.29, 0.717) is 22.7 Å². The number of rotatable bonds is 4. The first-order valence-corrected chi connectivity index (χ1v) is 10.5. The van der Waals surface area contributed by atoms with Crippen LogP contribution in [0.1, 0.15) is 18.9 Å². The van der Waals surface area contributed by atoms with Crippen LogP contribution in [0.5, 0.6) is 0 Å². The van der Waals surface area contributed by atoms with Gasteiger partial charge >= 0.3 is 0 Å². The Morgan fingerprint density at radius 2 is 2.00 bits per heavy atom. The summed E-state index contributed by atoms with van der Waals surface area (Å²) in [6, 6.07) is 6.51. The molecule has 8 nitrogen and oxygen atoms in total. The molecule has 4 atom stereocenters. The highest BCUT2D eigenvalue weighted by atomic mass is 32.1. The molecule has 2 aliphatic rings. The molecule has 2 N–H and O–H groups in total. The lowest BCUT2D eigenvalue weighted by Crippen LogP contribution is -2.37. The van der Waals surface area contributed by atoms with Crippen LogP contribution in [0.3, 0.4) is 0 Å². The zero-order chi connectivity index (χ0) is 20.0. The van der Waals surface area contributed by atoms with E-state index in [1.165, 1.54) is 23.5 Å². The first-order chi connectivity index (χ1) is 14.1. The second-order valence-corrected chi connectivity index (χ2v) is 8.74. The third-order valence-corrected chi connectivity index (χ3v) is 6.87. The minimum absolute atomic E-state index is 0.0535. The second kappa shape index (κ2) is 7.34. The van der Waals surface area contributed by atoms with Crippen molar-refractivity contribution in [1.82, 2.24) is 25.2 Å². The highest BCUT2D eigenvalue weighted by Gasteiger charge is 2.44. The summed E-state index contributed by atoms with van der Waals surface area (Å²) >= 11 is 1.43. The lowest BCUT2D eigenvalue weighted by atomic mass is 9.77. The smallest absolute Gasteiger partial charge is 0.210 e. The number of aromatic nitrogens is 5. The Labute approximate surface area is 171 Å². The van der Waals surface area contributed by atoms with Gasteiger partial charge in [0.15, 0.2) is 0 Å². The number of halogens is 1. The maximum absolute atomic E-state index is 13.6. The molecule has 2 aromatic heterocycles. The Kier molecular flexibility index (Phi) is 4.67. The molecule has 0 unspecified atom stereocenters. The standard InChI is InChI=1S/C19H22FN7OS/c1-28-17-7-13-9-26(19-24-23-18(21)29-19)8-12(13)6-16(17)27-10-15(22-25-27)11-3-2-4-14(20)5-11/h2-5,10,12-13,16-17H,6-9H2,1H3,(H2,21,23)/t12-,13+,16-,17-/m1/s1. The monoisotopic (exact) mass is 415 g/mol. The van der Waals surface area contributed by atoms with E-state index in [4.69, 9.17) is 10.5 Å². The van der Waals surface area contributed by atoms with Crippen molar-refractivity contribution >= 4 is 21.6 Å². The Morgan fingerprint density at radius 1 is 1.17 bits per heavy atom. The van der Waals surface area contributed by atoms with Crippen molar-refractivity contribution in [2.24, 2.45) is 11.8 Å². The van der Waals surface area contributed by atoms with Crippen LogP contribution in [-0.4, -0.2) is 51.5 Å². The van der Waals surface area contributed by atoms with E-state index >= 15 is 0 Å². The molecular formula is C19H22FN7OS. The zero-order valence-corrected chi connectivity index (χ0v) is 16.8. The van der Waals surface area contributed by atoms with Gasteiger partial charge < -0.3 is 15.4 Å². The number of fused-ring (bicyclic) bond motifs is 1. The maximum atomic E-state index is 13.6. The lowest BCUT2D eigenvalue weighted by Gasteiger charge is -2.36. The number of benzene rings is 1. The molecule has 0 spiro atoms. The molecule has 1 aliphatic heterocycles. The fourth-order valence-corrected chi connectivity index (χ4v) is 5.28. The molecule has 1 saturated carbocycles. The van der Waals surface area contributed by atoms with Crippen molar-refractivity contribution < 1.29 is 9.13 Å². The summed E-state index contributed by atoms with van der Waals surface area (Å²) in [4.78, 5) is 2.28. The van der Waals surface area contributed by atoms with E-state index in [1.54, 1.807) is 13.2 Å². The van der Waals surface area contributed by atoms with Crippen molar-refractivity contribution in [2.75, 3.05) is 30.8 Å². The van der Waals surface area contributed by atoms with Crippen LogP contribution in [0.2, 0.25) is 0 Å². The van der Waals surface area contributed by atoms with Gasteiger partial charge in [-0.3, -0.25) is 0 Å². The Morgan fingerprint density at radius 3 is 2.72 bits per heavy atom. The lowest BCUT2D eigenvalue weighted by molar-refractivity contribution is -0.00541. The van der Waals surface area contributed by atoms with E-state index in [9.17, 15) is 4.39 Å². The number of nitrogens with zero attached hydrogens (tertiary/aromatic N) is 6. The van der Waals surface area contributed by atoms with Crippen molar-refractivity contribution in [1.29, 1.82) is 0 Å². The SMILES string of the molecule is CO[C@@H]1C[C@H]2CN(c3nnc(N)s3)C[C@H]2C[C@H]1n1cc(-c2cccc(F)c2)nn1. The number of hydrogen-bond donors (Lipinski definition) is 1. The molecule has 29 heavy (non-hydrogen) atoms. The Hall–Kier alpha value is -2.59. The van der Waals surface area contributed by atoms with Crippen molar-refractivity contribution in [3.8, 4) is 11.3 Å². The normalized spacial score (nSPS) is 26.6. The van der Waals surface area contributed by atoms with Crippen LogP contribution in [0, 0.1) is 17.7 Å². The van der Waals surface area contributed by atoms with Gasteiger partial charge in [0.2, 0.25) is 10.3 Å². The zero-order valence-electron chi connectivity index (χ0n) is 16.0. The van der Waals surface area contributed by atoms with E-state index < -0.39 is 0 Å². The number of hydrogen-bond acceptors (Lipinski definition) is 8. The molecular weight excluding hydrogens is 393 g/mol. The van der Waals surface area contributed by atoms with Gasteiger partial charge in [-0.15, -0.1) is 15.3 Å². The van der Waals surface area contributed by atoms with E-state index in [1.807, 2.05) is 16.9 Å². The summed E-state index contributed by atoms with van der Waals surface area (Å²) in [5, 5.41) is 18.1. The van der Waals surface area contributed by atoms with Crippen LogP contribution in [0.4, 0.5) is 14.7 Å². The third-order valence-electron chi connectivity index (χ3n) is 6.06. The number of nitrogens with two attached hydrogens (primary N) is 1. The van der Waals surface area contributed by atoms with Crippen LogP contribution in [-0.2, 0) is 4.74 Å². The van der Waals surface area contributed by atoms with Crippen molar-refractivity contribution in [2.45, 2.75) is 25.0 Å². The van der Waals surface area contributed by atoms with E-state index in [2.05, 4.69) is 25.4 Å². The minimum Gasteiger partial charge on any atom is -0.379 e. The van der Waals surface area contributed by atoms with Crippen LogP contribution >= 0.6 is 11.3 Å². The van der Waals surface area contributed by atoms with Gasteiger partial charge in [0.1, 0.15) is 11.5 Å². The average molecular weight is 415 g/mol. The summed E-state index contributed by atoms with van der Waals surface area (Å²) in [7, 11) is 1.75. The molecule has 3 heterocycles. The molecule has 5 rings (SSSR count). The predicted molar refractivity (Wildman–Crippen MR) is 108 cm³/mol. The maximum Gasteiger partial charge on any atom is 0.210 e. The van der Waals surface area contributed by atoms with Gasteiger partial charge in [0.05, 0.1) is 18.3 Å². The molecule has 2 fully saturated rings. The molecule has 0 amide bonds. The molecule has 152 valence electrons. The Balaban J connectivity index is 1.36. The fourth-order valence-electron chi connectivity index (χ4n) is 4.65. The number of anilines is 2. The summed E-state index contributed by atoms with van der Waals surface area (Å²) in [6.45, 7) is 1.87. The summed E-state index contributed by atoms with van der Waals surface area (Å²) in [6.07, 6.45) is 3.84. The van der Waals surface area contributed by atoms with Gasteiger partial charge in [-0.1, -0.05) is 28.7 Å². The van der Waals surface area contributed by atoms with Crippen LogP contribution < -0.4 is 10.6 Å². The molecule has 1 aliphatic carbocycles. The van der Waals surface area contributed by atoms with Gasteiger partial charge in [0.25, 0.3) is 0 Å². The topological polar surface area (TPSA) is 95.0 Å². The number of methoxy groups -OCH3 is 1. The van der Waals surface area contributed by atoms with Gasteiger partial charge in [-0.05, 0) is 36.8 Å². The first kappa shape index (κ1) is 18.4. The molecule has 0 bridgehead atoms. The second-order valence-electron chi connectivity index (χ2n) is 7.76. The summed E-state index contributed by atoms with van der Waals surface area (Å²) < 4.78 is 21.3. The van der Waals surface area contributed by atoms with E-state index in [-0.39, 0.29) is 18.0 Å². The third kappa shape index (κ3) is 3.46. The molecule has 1 saturated heterocycles. The molecule has 3 aromatic rings. The van der Waals surface area contributed by atoms with Crippen LogP contribution in [0.25, 0.3) is 11.3 Å². The predicted octanol–water partition coefficient (Wildman–Crippen LogP) is 2.62. The van der Waals surface area contributed by atoms with E-state index in [0.717, 1.165) is 36.6 Å². The van der Waals surface area contributed by atoms with Gasteiger partial charge in [-0.25, -0.2) is 9.07 Å². The molecule has 10 heteroatoms. The highest BCUT2D eigenvalue weighted by Crippen LogP contribution is 2.44. The highest BCUT2D eigenvalue weighted by molar-refractivity contribution is 7.18. The number of nitrogen functional groups attached to an aromatic ring is 1. The minimum atomic E-state index is -0.282. The fraction of sp³-hybridized carbons (Fsp3) is 0.474. The van der Waals surface area contributed by atoms with Crippen LogP contribution in [0.15, 0.2) is 30.5 Å². The summed E-state index contributed by atoms with van der Waals surface area (Å²) in [5.41, 5.74) is 7.14.